The highest BCUT2D eigenvalue weighted by atomic mass is 32.2. The van der Waals surface area contributed by atoms with E-state index in [-0.39, 0.29) is 4.90 Å². The van der Waals surface area contributed by atoms with Crippen LogP contribution in [0.4, 0.5) is 17.1 Å². The summed E-state index contributed by atoms with van der Waals surface area (Å²) in [7, 11) is -3.42. The normalized spacial score (nSPS) is 11.5. The number of nitrogens with two attached hydrogens (primary N) is 1. The average molecular weight is 405 g/mol. The fourth-order valence-corrected chi connectivity index (χ4v) is 3.94. The van der Waals surface area contributed by atoms with Gasteiger partial charge in [-0.15, -0.1) is 0 Å². The Morgan fingerprint density at radius 3 is 2.55 bits per heavy atom. The number of pyridine rings is 1. The molecule has 0 amide bonds. The lowest BCUT2D eigenvalue weighted by atomic mass is 10.0. The van der Waals surface area contributed by atoms with Crippen LogP contribution in [-0.4, -0.2) is 29.6 Å². The molecule has 7 nitrogen and oxygen atoms in total. The monoisotopic (exact) mass is 405 g/mol. The van der Waals surface area contributed by atoms with E-state index >= 15 is 0 Å². The molecule has 0 aliphatic heterocycles. The van der Waals surface area contributed by atoms with Crippen LogP contribution in [0.2, 0.25) is 0 Å². The van der Waals surface area contributed by atoms with Crippen LogP contribution in [0.25, 0.3) is 22.2 Å². The van der Waals surface area contributed by atoms with Gasteiger partial charge in [-0.05, 0) is 42.3 Å². The van der Waals surface area contributed by atoms with E-state index in [0.29, 0.717) is 22.6 Å². The molecule has 4 aromatic rings. The molecule has 0 fully saturated rings. The second-order valence-electron chi connectivity index (χ2n) is 6.79. The highest BCUT2D eigenvalue weighted by Gasteiger charge is 2.15. The highest BCUT2D eigenvalue weighted by Crippen LogP contribution is 2.33. The maximum atomic E-state index is 12.1. The van der Waals surface area contributed by atoms with E-state index < -0.39 is 9.84 Å². The summed E-state index contributed by atoms with van der Waals surface area (Å²) in [5, 5.41) is 3.17. The minimum Gasteiger partial charge on any atom is -0.398 e. The number of nitrogen functional groups attached to an aromatic ring is 1. The predicted octanol–water partition coefficient (Wildman–Crippen LogP) is 3.73. The summed E-state index contributed by atoms with van der Waals surface area (Å²) in [4.78, 5) is 13.1. The van der Waals surface area contributed by atoms with Gasteiger partial charge in [-0.25, -0.2) is 8.42 Å². The minimum absolute atomic E-state index is 0.174. The van der Waals surface area contributed by atoms with Crippen molar-refractivity contribution in [2.24, 2.45) is 0 Å². The van der Waals surface area contributed by atoms with Crippen LogP contribution >= 0.6 is 0 Å². The number of nitrogens with zero attached hydrogens (tertiary/aromatic N) is 3. The molecule has 8 heteroatoms. The van der Waals surface area contributed by atoms with Gasteiger partial charge in [0.2, 0.25) is 0 Å². The second-order valence-corrected chi connectivity index (χ2v) is 8.77. The molecule has 0 aliphatic carbocycles. The Balaban J connectivity index is 1.89. The van der Waals surface area contributed by atoms with Crippen molar-refractivity contribution in [2.75, 3.05) is 17.3 Å². The summed E-state index contributed by atoms with van der Waals surface area (Å²) >= 11 is 0. The number of hydrogen-bond acceptors (Lipinski definition) is 7. The largest absolute Gasteiger partial charge is 0.398 e. The number of fused-ring (bicyclic) bond motifs is 1. The van der Waals surface area contributed by atoms with E-state index in [9.17, 15) is 8.42 Å². The number of aryl methyl sites for hydroxylation is 1. The van der Waals surface area contributed by atoms with Crippen LogP contribution in [0.5, 0.6) is 0 Å². The molecule has 0 radical (unpaired) electrons. The lowest BCUT2D eigenvalue weighted by Gasteiger charge is -2.14. The molecule has 146 valence electrons. The van der Waals surface area contributed by atoms with Crippen LogP contribution < -0.4 is 11.1 Å². The predicted molar refractivity (Wildman–Crippen MR) is 115 cm³/mol. The van der Waals surface area contributed by atoms with Gasteiger partial charge in [-0.1, -0.05) is 12.1 Å². The summed E-state index contributed by atoms with van der Waals surface area (Å²) in [6.45, 7) is 1.95. The van der Waals surface area contributed by atoms with E-state index in [1.54, 1.807) is 12.4 Å². The molecule has 0 unspecified atom stereocenters. The van der Waals surface area contributed by atoms with E-state index in [0.717, 1.165) is 22.2 Å². The number of aromatic nitrogens is 3. The summed E-state index contributed by atoms with van der Waals surface area (Å²) in [5.74, 6) is 0. The fourth-order valence-electron chi connectivity index (χ4n) is 3.13. The highest BCUT2D eigenvalue weighted by molar-refractivity contribution is 7.90. The van der Waals surface area contributed by atoms with E-state index in [1.807, 2.05) is 37.3 Å². The molecular weight excluding hydrogens is 386 g/mol. The quantitative estimate of drug-likeness (QED) is 0.498. The van der Waals surface area contributed by atoms with Crippen molar-refractivity contribution in [3.05, 3.63) is 66.7 Å². The van der Waals surface area contributed by atoms with Crippen molar-refractivity contribution in [1.29, 1.82) is 0 Å². The van der Waals surface area contributed by atoms with Gasteiger partial charge in [0.05, 0.1) is 27.8 Å². The van der Waals surface area contributed by atoms with Gasteiger partial charge in [0.1, 0.15) is 0 Å². The molecule has 0 saturated heterocycles. The Bertz CT molecular complexity index is 1340. The number of nitrogens with one attached hydrogen (secondary N) is 1. The van der Waals surface area contributed by atoms with Gasteiger partial charge in [0, 0.05) is 41.8 Å². The Labute approximate surface area is 168 Å². The number of benzene rings is 2. The Morgan fingerprint density at radius 2 is 1.79 bits per heavy atom. The lowest BCUT2D eigenvalue weighted by molar-refractivity contribution is 0.602. The summed E-state index contributed by atoms with van der Waals surface area (Å²) < 4.78 is 24.2. The van der Waals surface area contributed by atoms with Crippen LogP contribution in [0.1, 0.15) is 5.56 Å². The zero-order valence-electron chi connectivity index (χ0n) is 15.9. The molecule has 2 aromatic carbocycles. The Hall–Kier alpha value is -3.52. The molecule has 0 saturated carbocycles. The molecule has 3 N–H and O–H groups in total. The number of sulfone groups is 1. The third-order valence-electron chi connectivity index (χ3n) is 4.62. The van der Waals surface area contributed by atoms with Gasteiger partial charge in [-0.2, -0.15) is 0 Å². The zero-order chi connectivity index (χ0) is 20.6. The van der Waals surface area contributed by atoms with Crippen molar-refractivity contribution in [3.8, 4) is 11.1 Å². The summed E-state index contributed by atoms with van der Waals surface area (Å²) in [6, 6.07) is 11.0. The lowest BCUT2D eigenvalue weighted by Crippen LogP contribution is -2.03. The van der Waals surface area contributed by atoms with Gasteiger partial charge in [0.25, 0.3) is 0 Å². The number of rotatable bonds is 4. The number of hydrogen-bond donors (Lipinski definition) is 2. The van der Waals surface area contributed by atoms with Gasteiger partial charge >= 0.3 is 0 Å². The molecule has 0 spiro atoms. The molecule has 0 atom stereocenters. The molecule has 2 heterocycles. The summed E-state index contributed by atoms with van der Waals surface area (Å²) in [5.41, 5.74) is 12.0. The van der Waals surface area contributed by atoms with Crippen molar-refractivity contribution in [3.63, 3.8) is 0 Å². The number of anilines is 3. The van der Waals surface area contributed by atoms with Gasteiger partial charge in [-0.3, -0.25) is 15.0 Å². The first-order valence-electron chi connectivity index (χ1n) is 8.85. The first-order chi connectivity index (χ1) is 13.8. The Kier molecular flexibility index (Phi) is 4.63. The second kappa shape index (κ2) is 7.14. The van der Waals surface area contributed by atoms with Crippen molar-refractivity contribution in [1.82, 2.24) is 15.0 Å². The SMILES string of the molecule is Cc1ccc(-c2cc(Nc3cnccc3S(C)(=O)=O)cc3nccnc23)cc1N. The molecule has 29 heavy (non-hydrogen) atoms. The van der Waals surface area contributed by atoms with Crippen LogP contribution in [-0.2, 0) is 9.84 Å². The maximum Gasteiger partial charge on any atom is 0.177 e. The maximum absolute atomic E-state index is 12.1. The van der Waals surface area contributed by atoms with Crippen molar-refractivity contribution in [2.45, 2.75) is 11.8 Å². The van der Waals surface area contributed by atoms with E-state index in [2.05, 4.69) is 20.3 Å². The van der Waals surface area contributed by atoms with Crippen LogP contribution in [0.15, 0.2) is 66.1 Å². The van der Waals surface area contributed by atoms with Crippen molar-refractivity contribution >= 4 is 37.9 Å². The first-order valence-corrected chi connectivity index (χ1v) is 10.7. The first kappa shape index (κ1) is 18.8. The molecule has 0 aliphatic rings. The van der Waals surface area contributed by atoms with Crippen LogP contribution in [0.3, 0.4) is 0 Å². The standard InChI is InChI=1S/C21H19N5O2S/c1-13-3-4-14(9-17(13)22)16-10-15(11-18-21(16)25-8-7-24-18)26-19-12-23-6-5-20(19)29(2,27)28/h3-12,26H,22H2,1-2H3. The zero-order valence-corrected chi connectivity index (χ0v) is 16.7. The van der Waals surface area contributed by atoms with Crippen LogP contribution in [0, 0.1) is 6.92 Å². The third kappa shape index (κ3) is 3.74. The third-order valence-corrected chi connectivity index (χ3v) is 5.78. The van der Waals surface area contributed by atoms with Gasteiger partial charge < -0.3 is 11.1 Å². The average Bonchev–Trinajstić information content (AvgIpc) is 2.69. The summed E-state index contributed by atoms with van der Waals surface area (Å²) in [6.07, 6.45) is 7.36. The molecular formula is C21H19N5O2S. The molecule has 4 rings (SSSR count). The van der Waals surface area contributed by atoms with Crippen molar-refractivity contribution < 1.29 is 8.42 Å². The topological polar surface area (TPSA) is 111 Å². The fraction of sp³-hybridized carbons (Fsp3) is 0.0952. The van der Waals surface area contributed by atoms with E-state index in [4.69, 9.17) is 5.73 Å². The smallest absolute Gasteiger partial charge is 0.177 e. The minimum atomic E-state index is -3.42. The Morgan fingerprint density at radius 1 is 1.00 bits per heavy atom. The molecule has 0 bridgehead atoms. The van der Waals surface area contributed by atoms with Gasteiger partial charge in [0.15, 0.2) is 9.84 Å². The molecule has 2 aromatic heterocycles. The van der Waals surface area contributed by atoms with E-state index in [1.165, 1.54) is 24.7 Å².